The lowest BCUT2D eigenvalue weighted by Gasteiger charge is -2.11. The van der Waals surface area contributed by atoms with Crippen LogP contribution in [0.15, 0.2) is 81.4 Å². The first kappa shape index (κ1) is 25.2. The van der Waals surface area contributed by atoms with Crippen molar-refractivity contribution in [3.8, 4) is 11.6 Å². The van der Waals surface area contributed by atoms with E-state index in [1.165, 1.54) is 22.9 Å². The van der Waals surface area contributed by atoms with Crippen LogP contribution in [0.1, 0.15) is 12.0 Å². The van der Waals surface area contributed by atoms with E-state index < -0.39 is 29.1 Å². The minimum atomic E-state index is -0.961. The normalized spacial score (nSPS) is 16.8. The molecule has 0 bridgehead atoms. The molecule has 1 saturated carbocycles. The number of carbonyl (C=O) groups is 1. The minimum absolute atomic E-state index is 0.0298. The second-order valence-electron chi connectivity index (χ2n) is 8.80. The summed E-state index contributed by atoms with van der Waals surface area (Å²) < 4.78 is 22.4. The molecular weight excluding hydrogens is 517 g/mol. The van der Waals surface area contributed by atoms with Crippen LogP contribution < -0.4 is 21.7 Å². The Kier molecular flexibility index (Phi) is 6.93. The number of nitrogens with one attached hydrogen (secondary N) is 1. The molecule has 2 aromatic carbocycles. The SMILES string of the molecule is O=C(O)C1CC1Cn1c(=O)[nH]/c(=N\c2ccc(Oc3ccccn3)c(F)c2)n(Cc2ccc(Cl)cc2)c1=O. The number of carboxylic acid groups (broad SMARTS) is 1. The van der Waals surface area contributed by atoms with Gasteiger partial charge < -0.3 is 9.84 Å². The molecule has 2 unspecified atom stereocenters. The van der Waals surface area contributed by atoms with Crippen LogP contribution in [0.5, 0.6) is 11.6 Å². The second kappa shape index (κ2) is 10.5. The maximum absolute atomic E-state index is 14.8. The predicted octanol–water partition coefficient (Wildman–Crippen LogP) is 3.32. The molecule has 1 fully saturated rings. The highest BCUT2D eigenvalue weighted by Crippen LogP contribution is 2.39. The lowest BCUT2D eigenvalue weighted by molar-refractivity contribution is -0.138. The number of pyridine rings is 1. The van der Waals surface area contributed by atoms with Crippen LogP contribution in [0, 0.1) is 17.7 Å². The average molecular weight is 538 g/mol. The summed E-state index contributed by atoms with van der Waals surface area (Å²) in [5.74, 6) is -2.45. The zero-order chi connectivity index (χ0) is 26.8. The Morgan fingerprint density at radius 3 is 2.61 bits per heavy atom. The van der Waals surface area contributed by atoms with Crippen LogP contribution in [-0.4, -0.2) is 30.2 Å². The molecule has 0 amide bonds. The number of aliphatic carboxylic acids is 1. The van der Waals surface area contributed by atoms with Crippen LogP contribution in [0.4, 0.5) is 10.1 Å². The van der Waals surface area contributed by atoms with Crippen molar-refractivity contribution >= 4 is 23.3 Å². The molecule has 2 heterocycles. The topological polar surface area (TPSA) is 132 Å². The van der Waals surface area contributed by atoms with Gasteiger partial charge in [0.1, 0.15) is 0 Å². The van der Waals surface area contributed by atoms with E-state index in [1.807, 2.05) is 0 Å². The van der Waals surface area contributed by atoms with Crippen LogP contribution >= 0.6 is 11.6 Å². The Morgan fingerprint density at radius 1 is 1.16 bits per heavy atom. The molecule has 0 radical (unpaired) electrons. The van der Waals surface area contributed by atoms with Crippen molar-refractivity contribution in [3.05, 3.63) is 110 Å². The highest BCUT2D eigenvalue weighted by atomic mass is 35.5. The highest BCUT2D eigenvalue weighted by molar-refractivity contribution is 6.30. The van der Waals surface area contributed by atoms with Gasteiger partial charge >= 0.3 is 17.3 Å². The Hall–Kier alpha value is -4.51. The molecule has 194 valence electrons. The van der Waals surface area contributed by atoms with Gasteiger partial charge in [-0.3, -0.25) is 14.3 Å². The zero-order valence-corrected chi connectivity index (χ0v) is 20.5. The first-order chi connectivity index (χ1) is 18.3. The number of aromatic nitrogens is 4. The van der Waals surface area contributed by atoms with Gasteiger partial charge in [-0.15, -0.1) is 0 Å². The van der Waals surface area contributed by atoms with Gasteiger partial charge in [-0.2, -0.15) is 0 Å². The van der Waals surface area contributed by atoms with E-state index in [9.17, 15) is 23.9 Å². The molecule has 0 aliphatic heterocycles. The van der Waals surface area contributed by atoms with Crippen LogP contribution in [0.3, 0.4) is 0 Å². The van der Waals surface area contributed by atoms with Crippen molar-refractivity contribution in [3.63, 3.8) is 0 Å². The molecule has 2 N–H and O–H groups in total. The lowest BCUT2D eigenvalue weighted by atomic mass is 10.2. The fourth-order valence-electron chi connectivity index (χ4n) is 3.99. The molecule has 1 aliphatic carbocycles. The van der Waals surface area contributed by atoms with Crippen molar-refractivity contribution in [2.24, 2.45) is 16.8 Å². The Bertz CT molecular complexity index is 1680. The number of nitrogens with zero attached hydrogens (tertiary/aromatic N) is 4. The fraction of sp³-hybridized carbons (Fsp3) is 0.192. The van der Waals surface area contributed by atoms with Crippen LogP contribution in [-0.2, 0) is 17.9 Å². The summed E-state index contributed by atoms with van der Waals surface area (Å²) in [5, 5.41) is 9.71. The van der Waals surface area contributed by atoms with Gasteiger partial charge in [0.15, 0.2) is 11.6 Å². The minimum Gasteiger partial charge on any atom is -0.481 e. The summed E-state index contributed by atoms with van der Waals surface area (Å²) >= 11 is 5.98. The first-order valence-electron chi connectivity index (χ1n) is 11.6. The molecule has 5 rings (SSSR count). The molecule has 4 aromatic rings. The van der Waals surface area contributed by atoms with E-state index in [0.29, 0.717) is 17.0 Å². The third-order valence-electron chi connectivity index (χ3n) is 6.09. The second-order valence-corrected chi connectivity index (χ2v) is 9.23. The van der Waals surface area contributed by atoms with E-state index in [4.69, 9.17) is 16.3 Å². The number of aromatic amines is 1. The smallest absolute Gasteiger partial charge is 0.335 e. The van der Waals surface area contributed by atoms with E-state index in [1.54, 1.807) is 42.5 Å². The summed E-state index contributed by atoms with van der Waals surface area (Å²) in [6, 6.07) is 15.7. The maximum Gasteiger partial charge on any atom is 0.335 e. The Balaban J connectivity index is 1.54. The quantitative estimate of drug-likeness (QED) is 0.354. The van der Waals surface area contributed by atoms with Crippen molar-refractivity contribution in [1.29, 1.82) is 0 Å². The molecule has 2 atom stereocenters. The molecule has 38 heavy (non-hydrogen) atoms. The summed E-state index contributed by atoms with van der Waals surface area (Å²) in [6.45, 7) is -0.0117. The molecule has 10 nitrogen and oxygen atoms in total. The van der Waals surface area contributed by atoms with Crippen LogP contribution in [0.25, 0.3) is 0 Å². The number of carboxylic acids is 1. The summed E-state index contributed by atoms with van der Waals surface area (Å²) in [7, 11) is 0. The van der Waals surface area contributed by atoms with Gasteiger partial charge in [-0.25, -0.2) is 28.5 Å². The summed E-state index contributed by atoms with van der Waals surface area (Å²) in [4.78, 5) is 48.4. The molecule has 2 aromatic heterocycles. The highest BCUT2D eigenvalue weighted by Gasteiger charge is 2.43. The van der Waals surface area contributed by atoms with Crippen molar-refractivity contribution < 1.29 is 19.0 Å². The first-order valence-corrected chi connectivity index (χ1v) is 12.0. The van der Waals surface area contributed by atoms with Gasteiger partial charge in [-0.1, -0.05) is 29.8 Å². The van der Waals surface area contributed by atoms with Gasteiger partial charge in [0, 0.05) is 29.9 Å². The largest absolute Gasteiger partial charge is 0.481 e. The number of H-pyrrole nitrogens is 1. The van der Waals surface area contributed by atoms with Crippen LogP contribution in [0.2, 0.25) is 5.02 Å². The zero-order valence-electron chi connectivity index (χ0n) is 19.8. The molecule has 1 aliphatic rings. The van der Waals surface area contributed by atoms with Crippen molar-refractivity contribution in [2.75, 3.05) is 0 Å². The summed E-state index contributed by atoms with van der Waals surface area (Å²) in [6.07, 6.45) is 1.90. The predicted molar refractivity (Wildman–Crippen MR) is 135 cm³/mol. The number of halogens is 2. The van der Waals surface area contributed by atoms with Gasteiger partial charge in [0.2, 0.25) is 11.5 Å². The number of ether oxygens (including phenoxy) is 1. The monoisotopic (exact) mass is 537 g/mol. The Morgan fingerprint density at radius 2 is 1.95 bits per heavy atom. The van der Waals surface area contributed by atoms with Gasteiger partial charge in [0.05, 0.1) is 18.2 Å². The van der Waals surface area contributed by atoms with E-state index in [-0.39, 0.29) is 41.9 Å². The van der Waals surface area contributed by atoms with Gasteiger partial charge in [0.25, 0.3) is 0 Å². The number of rotatable bonds is 8. The number of benzene rings is 2. The Labute approximate surface area is 219 Å². The van der Waals surface area contributed by atoms with Gasteiger partial charge in [-0.05, 0) is 48.2 Å². The van der Waals surface area contributed by atoms with E-state index in [2.05, 4.69) is 15.0 Å². The van der Waals surface area contributed by atoms with E-state index in [0.717, 1.165) is 10.6 Å². The number of hydrogen-bond donors (Lipinski definition) is 2. The van der Waals surface area contributed by atoms with Crippen molar-refractivity contribution in [2.45, 2.75) is 19.5 Å². The molecule has 0 spiro atoms. The summed E-state index contributed by atoms with van der Waals surface area (Å²) in [5.41, 5.74) is -0.690. The third kappa shape index (κ3) is 5.57. The third-order valence-corrected chi connectivity index (χ3v) is 6.35. The molecule has 0 saturated heterocycles. The lowest BCUT2D eigenvalue weighted by Crippen LogP contribution is -2.50. The fourth-order valence-corrected chi connectivity index (χ4v) is 4.11. The van der Waals surface area contributed by atoms with E-state index >= 15 is 0 Å². The average Bonchev–Trinajstić information content (AvgIpc) is 3.67. The number of hydrogen-bond acceptors (Lipinski definition) is 6. The standard InChI is InChI=1S/C26H21ClFN5O5/c27-17-6-4-15(5-7-17)13-32-24(31-25(36)33(26(32)37)14-16-11-19(16)23(34)35)30-18-8-9-21(20(28)12-18)38-22-3-1-2-10-29-22/h1-10,12,16,19H,11,13-14H2,(H,34,35)(H,30,31,36). The molecular formula is C26H21ClFN5O5. The molecule has 12 heteroatoms. The maximum atomic E-state index is 14.8. The van der Waals surface area contributed by atoms with Crippen molar-refractivity contribution in [1.82, 2.24) is 19.1 Å².